The van der Waals surface area contributed by atoms with Gasteiger partial charge < -0.3 is 11.1 Å². The first kappa shape index (κ1) is 12.8. The van der Waals surface area contributed by atoms with Crippen molar-refractivity contribution in [3.63, 3.8) is 0 Å². The second-order valence-electron chi connectivity index (χ2n) is 5.45. The maximum Gasteiger partial charge on any atom is 0.270 e. The molecule has 5 heteroatoms. The van der Waals surface area contributed by atoms with Crippen LogP contribution in [0.3, 0.4) is 0 Å². The van der Waals surface area contributed by atoms with Crippen LogP contribution in [0.5, 0.6) is 0 Å². The lowest BCUT2D eigenvalue weighted by atomic mass is 9.92. The molecule has 0 aliphatic heterocycles. The Kier molecular flexibility index (Phi) is 3.24. The summed E-state index contributed by atoms with van der Waals surface area (Å²) in [6.45, 7) is 6.91. The Morgan fingerprint density at radius 1 is 1.50 bits per heavy atom. The molecule has 1 saturated carbocycles. The highest BCUT2D eigenvalue weighted by molar-refractivity contribution is 5.92. The second-order valence-corrected chi connectivity index (χ2v) is 5.45. The van der Waals surface area contributed by atoms with Gasteiger partial charge in [0.2, 0.25) is 5.95 Å². The van der Waals surface area contributed by atoms with Crippen molar-refractivity contribution in [1.82, 2.24) is 15.3 Å². The van der Waals surface area contributed by atoms with Crippen LogP contribution >= 0.6 is 0 Å². The number of hydrogen-bond acceptors (Lipinski definition) is 4. The molecule has 18 heavy (non-hydrogen) atoms. The molecule has 98 valence electrons. The van der Waals surface area contributed by atoms with E-state index in [0.717, 1.165) is 0 Å². The zero-order valence-electron chi connectivity index (χ0n) is 11.2. The molecule has 0 atom stereocenters. The van der Waals surface area contributed by atoms with Gasteiger partial charge in [0.1, 0.15) is 5.69 Å². The molecule has 0 spiro atoms. The highest BCUT2D eigenvalue weighted by Crippen LogP contribution is 2.51. The average Bonchev–Trinajstić information content (AvgIpc) is 3.05. The van der Waals surface area contributed by atoms with Crippen molar-refractivity contribution in [2.45, 2.75) is 33.6 Å². The normalized spacial score (nSPS) is 16.7. The number of hydrogen-bond donors (Lipinski definition) is 2. The van der Waals surface area contributed by atoms with Gasteiger partial charge in [-0.25, -0.2) is 9.97 Å². The number of nitrogens with zero attached hydrogens (tertiary/aromatic N) is 2. The molecular weight excluding hydrogens is 228 g/mol. The maximum absolute atomic E-state index is 12.0. The Balaban J connectivity index is 2.00. The number of nitrogens with two attached hydrogens (primary N) is 1. The number of nitrogen functional groups attached to an aromatic ring is 1. The summed E-state index contributed by atoms with van der Waals surface area (Å²) in [6.07, 6.45) is 2.38. The topological polar surface area (TPSA) is 80.9 Å². The standard InChI is InChI=1S/C13H20N4O/c1-8(2)13(4-5-13)7-15-11(18)10-6-9(3)16-12(14)17-10/h6,8H,4-5,7H2,1-3H3,(H,15,18)(H2,14,16,17). The lowest BCUT2D eigenvalue weighted by molar-refractivity contribution is 0.0934. The Labute approximate surface area is 107 Å². The summed E-state index contributed by atoms with van der Waals surface area (Å²) >= 11 is 0. The number of aryl methyl sites for hydroxylation is 1. The van der Waals surface area contributed by atoms with Gasteiger partial charge >= 0.3 is 0 Å². The SMILES string of the molecule is Cc1cc(C(=O)NCC2(C(C)C)CC2)nc(N)n1. The molecule has 0 radical (unpaired) electrons. The summed E-state index contributed by atoms with van der Waals surface area (Å²) in [4.78, 5) is 19.9. The minimum Gasteiger partial charge on any atom is -0.368 e. The van der Waals surface area contributed by atoms with Crippen LogP contribution in [0.1, 0.15) is 42.9 Å². The Bertz CT molecular complexity index is 446. The summed E-state index contributed by atoms with van der Waals surface area (Å²) in [5, 5.41) is 2.95. The summed E-state index contributed by atoms with van der Waals surface area (Å²) in [6, 6.07) is 1.65. The van der Waals surface area contributed by atoms with E-state index in [-0.39, 0.29) is 11.9 Å². The van der Waals surface area contributed by atoms with E-state index >= 15 is 0 Å². The molecule has 1 aromatic rings. The summed E-state index contributed by atoms with van der Waals surface area (Å²) < 4.78 is 0. The third-order valence-corrected chi connectivity index (χ3v) is 3.82. The quantitative estimate of drug-likeness (QED) is 0.846. The van der Waals surface area contributed by atoms with Gasteiger partial charge in [-0.1, -0.05) is 13.8 Å². The minimum atomic E-state index is -0.167. The zero-order valence-corrected chi connectivity index (χ0v) is 11.2. The predicted octanol–water partition coefficient (Wildman–Crippen LogP) is 1.53. The lowest BCUT2D eigenvalue weighted by Crippen LogP contribution is -2.33. The van der Waals surface area contributed by atoms with Crippen molar-refractivity contribution < 1.29 is 4.79 Å². The van der Waals surface area contributed by atoms with Gasteiger partial charge in [-0.15, -0.1) is 0 Å². The van der Waals surface area contributed by atoms with E-state index in [2.05, 4.69) is 29.1 Å². The highest BCUT2D eigenvalue weighted by atomic mass is 16.1. The van der Waals surface area contributed by atoms with Crippen LogP contribution in [-0.4, -0.2) is 22.4 Å². The van der Waals surface area contributed by atoms with E-state index in [1.807, 2.05) is 0 Å². The van der Waals surface area contributed by atoms with Crippen molar-refractivity contribution in [3.8, 4) is 0 Å². The van der Waals surface area contributed by atoms with Crippen LogP contribution < -0.4 is 11.1 Å². The summed E-state index contributed by atoms with van der Waals surface area (Å²) in [5.41, 5.74) is 6.89. The van der Waals surface area contributed by atoms with Crippen LogP contribution in [0.25, 0.3) is 0 Å². The Morgan fingerprint density at radius 3 is 2.67 bits per heavy atom. The Hall–Kier alpha value is -1.65. The predicted molar refractivity (Wildman–Crippen MR) is 70.0 cm³/mol. The number of rotatable bonds is 4. The number of anilines is 1. The van der Waals surface area contributed by atoms with Crippen molar-refractivity contribution in [2.75, 3.05) is 12.3 Å². The fourth-order valence-electron chi connectivity index (χ4n) is 2.17. The molecule has 1 aromatic heterocycles. The third kappa shape index (κ3) is 2.60. The van der Waals surface area contributed by atoms with Gasteiger partial charge in [0, 0.05) is 12.2 Å². The number of carbonyl (C=O) groups is 1. The van der Waals surface area contributed by atoms with Gasteiger partial charge in [0.05, 0.1) is 0 Å². The molecule has 2 rings (SSSR count). The van der Waals surface area contributed by atoms with Gasteiger partial charge in [0.25, 0.3) is 5.91 Å². The van der Waals surface area contributed by atoms with E-state index in [0.29, 0.717) is 29.3 Å². The third-order valence-electron chi connectivity index (χ3n) is 3.82. The number of amides is 1. The molecule has 5 nitrogen and oxygen atoms in total. The van der Waals surface area contributed by atoms with E-state index in [1.54, 1.807) is 13.0 Å². The van der Waals surface area contributed by atoms with E-state index in [9.17, 15) is 4.79 Å². The van der Waals surface area contributed by atoms with Gasteiger partial charge in [-0.2, -0.15) is 0 Å². The van der Waals surface area contributed by atoms with Crippen molar-refractivity contribution in [1.29, 1.82) is 0 Å². The lowest BCUT2D eigenvalue weighted by Gasteiger charge is -2.19. The maximum atomic E-state index is 12.0. The molecule has 0 aromatic carbocycles. The molecule has 1 aliphatic rings. The van der Waals surface area contributed by atoms with Crippen LogP contribution in [0, 0.1) is 18.3 Å². The van der Waals surface area contributed by atoms with Crippen molar-refractivity contribution in [2.24, 2.45) is 11.3 Å². The smallest absolute Gasteiger partial charge is 0.270 e. The molecule has 1 fully saturated rings. The van der Waals surface area contributed by atoms with Crippen molar-refractivity contribution >= 4 is 11.9 Å². The molecule has 1 aliphatic carbocycles. The molecule has 0 bridgehead atoms. The largest absolute Gasteiger partial charge is 0.368 e. The zero-order chi connectivity index (χ0) is 13.3. The van der Waals surface area contributed by atoms with E-state index in [4.69, 9.17) is 5.73 Å². The molecule has 1 amide bonds. The van der Waals surface area contributed by atoms with Gasteiger partial charge in [-0.3, -0.25) is 4.79 Å². The minimum absolute atomic E-state index is 0.144. The first-order chi connectivity index (χ1) is 8.43. The first-order valence-corrected chi connectivity index (χ1v) is 6.32. The van der Waals surface area contributed by atoms with Gasteiger partial charge in [-0.05, 0) is 37.2 Å². The van der Waals surface area contributed by atoms with E-state index in [1.165, 1.54) is 12.8 Å². The van der Waals surface area contributed by atoms with Crippen LogP contribution in [0.15, 0.2) is 6.07 Å². The number of nitrogens with one attached hydrogen (secondary N) is 1. The van der Waals surface area contributed by atoms with Crippen LogP contribution in [0.2, 0.25) is 0 Å². The van der Waals surface area contributed by atoms with Gasteiger partial charge in [0.15, 0.2) is 0 Å². The molecule has 0 saturated heterocycles. The van der Waals surface area contributed by atoms with Crippen molar-refractivity contribution in [3.05, 3.63) is 17.5 Å². The second kappa shape index (κ2) is 4.55. The number of carbonyl (C=O) groups excluding carboxylic acids is 1. The highest BCUT2D eigenvalue weighted by Gasteiger charge is 2.45. The van der Waals surface area contributed by atoms with Crippen LogP contribution in [-0.2, 0) is 0 Å². The Morgan fingerprint density at radius 2 is 2.17 bits per heavy atom. The monoisotopic (exact) mass is 248 g/mol. The molecule has 0 unspecified atom stereocenters. The van der Waals surface area contributed by atoms with E-state index < -0.39 is 0 Å². The first-order valence-electron chi connectivity index (χ1n) is 6.32. The molecule has 3 N–H and O–H groups in total. The number of aromatic nitrogens is 2. The summed E-state index contributed by atoms with van der Waals surface area (Å²) in [7, 11) is 0. The molecular formula is C13H20N4O. The fraction of sp³-hybridized carbons (Fsp3) is 0.615. The fourth-order valence-corrected chi connectivity index (χ4v) is 2.17. The summed E-state index contributed by atoms with van der Waals surface area (Å²) in [5.74, 6) is 0.569. The van der Waals surface area contributed by atoms with Crippen LogP contribution in [0.4, 0.5) is 5.95 Å². The molecule has 1 heterocycles. The average molecular weight is 248 g/mol.